The number of rotatable bonds is 5. The molecule has 0 radical (unpaired) electrons. The van der Waals surface area contributed by atoms with Gasteiger partial charge in [0.1, 0.15) is 0 Å². The van der Waals surface area contributed by atoms with Crippen LogP contribution in [-0.2, 0) is 11.3 Å². The molecule has 8 nitrogen and oxygen atoms in total. The van der Waals surface area contributed by atoms with Crippen LogP contribution >= 0.6 is 11.6 Å². The largest absolute Gasteiger partial charge is 0.487 e. The number of ether oxygens (including phenoxy) is 2. The number of aromatic nitrogens is 1. The molecule has 3 atom stereocenters. The average Bonchev–Trinajstić information content (AvgIpc) is 3.36. The molecule has 1 unspecified atom stereocenters. The Morgan fingerprint density at radius 3 is 2.62 bits per heavy atom. The highest BCUT2D eigenvalue weighted by molar-refractivity contribution is 6.30. The number of hydrogen-bond donors (Lipinski definition) is 1. The third-order valence-corrected chi connectivity index (χ3v) is 5.54. The van der Waals surface area contributed by atoms with Crippen LogP contribution in [0, 0.1) is 17.7 Å². The fourth-order valence-corrected chi connectivity index (χ4v) is 4.12. The molecule has 0 spiro atoms. The Bertz CT molecular complexity index is 922. The maximum Gasteiger partial charge on any atom is 0.410 e. The number of fused-ring (bicyclic) bond motifs is 1. The third-order valence-electron chi connectivity index (χ3n) is 5.30. The topological polar surface area (TPSA) is 108 Å². The van der Waals surface area contributed by atoms with Gasteiger partial charge in [0, 0.05) is 24.2 Å². The van der Waals surface area contributed by atoms with Gasteiger partial charge in [-0.2, -0.15) is 0 Å². The van der Waals surface area contributed by atoms with Gasteiger partial charge in [0.05, 0.1) is 6.10 Å². The van der Waals surface area contributed by atoms with Gasteiger partial charge in [-0.25, -0.2) is 9.18 Å². The predicted molar refractivity (Wildman–Crippen MR) is 98.8 cm³/mol. The second-order valence-electron chi connectivity index (χ2n) is 7.31. The highest BCUT2D eigenvalue weighted by Gasteiger charge is 2.44. The van der Waals surface area contributed by atoms with Gasteiger partial charge in [-0.05, 0) is 42.9 Å². The number of nitrogens with zero attached hydrogens (tertiary/aromatic N) is 2. The lowest BCUT2D eigenvalue weighted by Gasteiger charge is -2.19. The molecule has 10 heteroatoms. The standard InChI is InChI=1S/C19H19ClFN3O5/c20-12-1-2-17(15(21)5-12)28-13-3-10-7-24(8-11(10)4-13)19(26)27-9-14-6-16(18(22)25)23-29-14/h1-2,5-6,10-11,13H,3-4,7-9H2,(H2,22,25)/t10-,11+,13?. The number of halogens is 2. The zero-order valence-electron chi connectivity index (χ0n) is 15.3. The van der Waals surface area contributed by atoms with E-state index in [9.17, 15) is 14.0 Å². The summed E-state index contributed by atoms with van der Waals surface area (Å²) in [5, 5.41) is 3.81. The van der Waals surface area contributed by atoms with Crippen molar-refractivity contribution in [3.05, 3.63) is 46.6 Å². The van der Waals surface area contributed by atoms with Crippen molar-refractivity contribution in [3.8, 4) is 5.75 Å². The number of benzene rings is 1. The van der Waals surface area contributed by atoms with Gasteiger partial charge in [0.25, 0.3) is 5.91 Å². The van der Waals surface area contributed by atoms with Crippen molar-refractivity contribution < 1.29 is 28.0 Å². The Morgan fingerprint density at radius 1 is 1.28 bits per heavy atom. The van der Waals surface area contributed by atoms with Crippen molar-refractivity contribution in [3.63, 3.8) is 0 Å². The number of hydrogen-bond acceptors (Lipinski definition) is 6. The van der Waals surface area contributed by atoms with Crippen molar-refractivity contribution in [1.29, 1.82) is 0 Å². The van der Waals surface area contributed by atoms with Gasteiger partial charge in [-0.15, -0.1) is 0 Å². The molecule has 1 aromatic carbocycles. The second-order valence-corrected chi connectivity index (χ2v) is 7.74. The summed E-state index contributed by atoms with van der Waals surface area (Å²) in [7, 11) is 0. The SMILES string of the molecule is NC(=O)c1cc(COC(=O)N2C[C@H]3CC(Oc4ccc(Cl)cc4F)C[C@H]3C2)on1. The van der Waals surface area contributed by atoms with E-state index in [1.165, 1.54) is 18.2 Å². The van der Waals surface area contributed by atoms with Crippen molar-refractivity contribution in [2.45, 2.75) is 25.6 Å². The fourth-order valence-electron chi connectivity index (χ4n) is 3.96. The minimum absolute atomic E-state index is 0.0186. The maximum absolute atomic E-state index is 13.9. The smallest absolute Gasteiger partial charge is 0.410 e. The summed E-state index contributed by atoms with van der Waals surface area (Å²) in [5.41, 5.74) is 5.08. The monoisotopic (exact) mass is 423 g/mol. The first kappa shape index (κ1) is 19.5. The van der Waals surface area contributed by atoms with Crippen LogP contribution in [0.4, 0.5) is 9.18 Å². The van der Waals surface area contributed by atoms with Crippen molar-refractivity contribution in [2.75, 3.05) is 13.1 Å². The van der Waals surface area contributed by atoms with E-state index < -0.39 is 17.8 Å². The molecule has 0 bridgehead atoms. The molecule has 2 aromatic rings. The number of primary amides is 1. The van der Waals surface area contributed by atoms with Crippen molar-refractivity contribution in [2.24, 2.45) is 17.6 Å². The van der Waals surface area contributed by atoms with Crippen LogP contribution in [0.3, 0.4) is 0 Å². The summed E-state index contributed by atoms with van der Waals surface area (Å²) in [6.07, 6.45) is 0.916. The van der Waals surface area contributed by atoms with Crippen LogP contribution in [0.2, 0.25) is 5.02 Å². The molecule has 1 aliphatic carbocycles. The third kappa shape index (κ3) is 4.29. The number of nitrogens with two attached hydrogens (primary N) is 1. The van der Waals surface area contributed by atoms with Gasteiger partial charge < -0.3 is 24.6 Å². The van der Waals surface area contributed by atoms with E-state index in [-0.39, 0.29) is 41.8 Å². The maximum atomic E-state index is 13.9. The van der Waals surface area contributed by atoms with E-state index in [0.717, 1.165) is 12.8 Å². The van der Waals surface area contributed by atoms with Crippen LogP contribution < -0.4 is 10.5 Å². The minimum atomic E-state index is -0.714. The molecule has 1 saturated carbocycles. The molecule has 2 aliphatic rings. The van der Waals surface area contributed by atoms with Crippen molar-refractivity contribution >= 4 is 23.6 Å². The van der Waals surface area contributed by atoms with E-state index in [1.807, 2.05) is 0 Å². The van der Waals surface area contributed by atoms with Crippen LogP contribution in [0.5, 0.6) is 5.75 Å². The fraction of sp³-hybridized carbons (Fsp3) is 0.421. The predicted octanol–water partition coefficient (Wildman–Crippen LogP) is 2.99. The first-order valence-electron chi connectivity index (χ1n) is 9.18. The molecule has 154 valence electrons. The van der Waals surface area contributed by atoms with Gasteiger partial charge in [0.15, 0.2) is 29.6 Å². The highest BCUT2D eigenvalue weighted by atomic mass is 35.5. The van der Waals surface area contributed by atoms with Crippen LogP contribution in [0.15, 0.2) is 28.8 Å². The second kappa shape index (κ2) is 7.90. The lowest BCUT2D eigenvalue weighted by Crippen LogP contribution is -2.31. The summed E-state index contributed by atoms with van der Waals surface area (Å²) in [6, 6.07) is 5.69. The Morgan fingerprint density at radius 2 is 2.00 bits per heavy atom. The molecule has 1 aliphatic heterocycles. The van der Waals surface area contributed by atoms with Crippen molar-refractivity contribution in [1.82, 2.24) is 10.1 Å². The molecular weight excluding hydrogens is 405 g/mol. The molecular formula is C19H19ClFN3O5. The van der Waals surface area contributed by atoms with E-state index in [2.05, 4.69) is 5.16 Å². The highest BCUT2D eigenvalue weighted by Crippen LogP contribution is 2.40. The number of carbonyl (C=O) groups is 2. The average molecular weight is 424 g/mol. The molecule has 1 saturated heterocycles. The van der Waals surface area contributed by atoms with Gasteiger partial charge in [-0.1, -0.05) is 16.8 Å². The van der Waals surface area contributed by atoms with E-state index in [4.69, 9.17) is 31.3 Å². The molecule has 29 heavy (non-hydrogen) atoms. The zero-order chi connectivity index (χ0) is 20.5. The quantitative estimate of drug-likeness (QED) is 0.792. The van der Waals surface area contributed by atoms with Crippen LogP contribution in [0.25, 0.3) is 0 Å². The number of likely N-dealkylation sites (tertiary alicyclic amines) is 1. The van der Waals surface area contributed by atoms with E-state index >= 15 is 0 Å². The number of carbonyl (C=O) groups excluding carboxylic acids is 2. The normalized spacial score (nSPS) is 23.1. The first-order valence-corrected chi connectivity index (χ1v) is 9.55. The van der Waals surface area contributed by atoms with E-state index in [0.29, 0.717) is 18.1 Å². The van der Waals surface area contributed by atoms with Gasteiger partial charge >= 0.3 is 6.09 Å². The van der Waals surface area contributed by atoms with Gasteiger partial charge in [-0.3, -0.25) is 4.79 Å². The zero-order valence-corrected chi connectivity index (χ0v) is 16.1. The summed E-state index contributed by atoms with van der Waals surface area (Å²) in [4.78, 5) is 24.9. The lowest BCUT2D eigenvalue weighted by molar-refractivity contribution is 0.0898. The summed E-state index contributed by atoms with van der Waals surface area (Å²) >= 11 is 5.76. The lowest BCUT2D eigenvalue weighted by atomic mass is 10.0. The Balaban J connectivity index is 1.26. The number of amides is 2. The Kier molecular flexibility index (Phi) is 5.31. The van der Waals surface area contributed by atoms with Crippen LogP contribution in [0.1, 0.15) is 29.1 Å². The minimum Gasteiger partial charge on any atom is -0.487 e. The molecule has 2 heterocycles. The Labute approximate surface area is 170 Å². The molecule has 2 N–H and O–H groups in total. The van der Waals surface area contributed by atoms with Crippen LogP contribution in [-0.4, -0.2) is 41.3 Å². The summed E-state index contributed by atoms with van der Waals surface area (Å²) in [6.45, 7) is 0.970. The van der Waals surface area contributed by atoms with Gasteiger partial charge in [0.2, 0.25) is 0 Å². The Hall–Kier alpha value is -2.81. The molecule has 1 aromatic heterocycles. The summed E-state index contributed by atoms with van der Waals surface area (Å²) < 4.78 is 29.8. The first-order chi connectivity index (χ1) is 13.9. The molecule has 2 amide bonds. The van der Waals surface area contributed by atoms with E-state index in [1.54, 1.807) is 11.0 Å². The molecule has 4 rings (SSSR count). The summed E-state index contributed by atoms with van der Waals surface area (Å²) in [5.74, 6) is -0.215. The molecule has 2 fully saturated rings.